The van der Waals surface area contributed by atoms with Crippen LogP contribution in [0.3, 0.4) is 0 Å². The van der Waals surface area contributed by atoms with Crippen LogP contribution in [0.25, 0.3) is 0 Å². The average molecular weight is 501 g/mol. The Morgan fingerprint density at radius 3 is 2.89 bits per heavy atom. The highest BCUT2D eigenvalue weighted by molar-refractivity contribution is 5.82. The van der Waals surface area contributed by atoms with Crippen molar-refractivity contribution >= 4 is 5.97 Å². The summed E-state index contributed by atoms with van der Waals surface area (Å²) in [6.45, 7) is 6.74. The molecule has 8 atom stereocenters. The predicted octanol–water partition coefficient (Wildman–Crippen LogP) is 3.86. The first-order valence-electron chi connectivity index (χ1n) is 13.2. The molecule has 1 saturated heterocycles. The zero-order valence-electron chi connectivity index (χ0n) is 21.2. The van der Waals surface area contributed by atoms with Gasteiger partial charge in [0.05, 0.1) is 37.1 Å². The van der Waals surface area contributed by atoms with E-state index < -0.39 is 24.3 Å². The Bertz CT molecular complexity index is 888. The third-order valence-electron chi connectivity index (χ3n) is 7.20. The molecule has 0 aromatic rings. The lowest BCUT2D eigenvalue weighted by atomic mass is 9.97. The van der Waals surface area contributed by atoms with E-state index >= 15 is 0 Å². The van der Waals surface area contributed by atoms with Gasteiger partial charge in [-0.1, -0.05) is 54.2 Å². The number of hydrogen-bond donors (Lipinski definition) is 2. The summed E-state index contributed by atoms with van der Waals surface area (Å²) in [6.07, 6.45) is 15.3. The highest BCUT2D eigenvalue weighted by Gasteiger charge is 2.46. The Morgan fingerprint density at radius 2 is 2.06 bits per heavy atom. The molecule has 1 fully saturated rings. The fourth-order valence-electron chi connectivity index (χ4n) is 5.06. The smallest absolute Gasteiger partial charge is 0.330 e. The van der Waals surface area contributed by atoms with E-state index in [0.717, 1.165) is 37.7 Å². The number of ether oxygens (including phenoxy) is 4. The molecule has 7 nitrogen and oxygen atoms in total. The third-order valence-corrected chi connectivity index (χ3v) is 7.20. The SMILES string of the molecule is C=C1CCC[C@@H]2CC=C[C@@H](CC=CC(=O)O[C@H]([C@@H](O)C=C[C@@H]3CC(C)=CCO3)C[C@@H]3O[C@H]3[C@@H](O)C1)O2. The highest BCUT2D eigenvalue weighted by atomic mass is 16.6. The molecule has 4 heterocycles. The molecule has 7 heteroatoms. The fraction of sp³-hybridized carbons (Fsp3) is 0.621. The topological polar surface area (TPSA) is 97.8 Å². The van der Waals surface area contributed by atoms with Gasteiger partial charge in [-0.15, -0.1) is 0 Å². The third kappa shape index (κ3) is 8.25. The second kappa shape index (κ2) is 13.0. The van der Waals surface area contributed by atoms with E-state index in [2.05, 4.69) is 19.6 Å². The number of cyclic esters (lactones) is 1. The van der Waals surface area contributed by atoms with Crippen LogP contribution in [0.4, 0.5) is 0 Å². The minimum atomic E-state index is -1.02. The van der Waals surface area contributed by atoms with E-state index in [4.69, 9.17) is 18.9 Å². The van der Waals surface area contributed by atoms with Crippen LogP contribution in [0, 0.1) is 0 Å². The van der Waals surface area contributed by atoms with Gasteiger partial charge in [-0.05, 0) is 51.9 Å². The second-order valence-electron chi connectivity index (χ2n) is 10.4. The van der Waals surface area contributed by atoms with E-state index in [1.165, 1.54) is 11.6 Å². The van der Waals surface area contributed by atoms with Crippen molar-refractivity contribution < 1.29 is 34.0 Å². The number of aliphatic hydroxyl groups is 2. The van der Waals surface area contributed by atoms with Crippen LogP contribution in [0.5, 0.6) is 0 Å². The summed E-state index contributed by atoms with van der Waals surface area (Å²) in [4.78, 5) is 12.6. The van der Waals surface area contributed by atoms with Crippen molar-refractivity contribution in [3.63, 3.8) is 0 Å². The van der Waals surface area contributed by atoms with Gasteiger partial charge in [-0.2, -0.15) is 0 Å². The van der Waals surface area contributed by atoms with Crippen molar-refractivity contribution in [1.82, 2.24) is 0 Å². The number of carbonyl (C=O) groups is 1. The Hall–Kier alpha value is -2.03. The van der Waals surface area contributed by atoms with Crippen LogP contribution in [0.1, 0.15) is 58.3 Å². The predicted molar refractivity (Wildman–Crippen MR) is 136 cm³/mol. The molecule has 4 rings (SSSR count). The molecule has 0 unspecified atom stereocenters. The summed E-state index contributed by atoms with van der Waals surface area (Å²) < 4.78 is 23.2. The van der Waals surface area contributed by atoms with Gasteiger partial charge in [0.25, 0.3) is 0 Å². The van der Waals surface area contributed by atoms with Gasteiger partial charge in [0.1, 0.15) is 18.3 Å². The first-order valence-corrected chi connectivity index (χ1v) is 13.2. The van der Waals surface area contributed by atoms with Gasteiger partial charge in [-0.25, -0.2) is 4.79 Å². The molecular weight excluding hydrogens is 460 g/mol. The summed E-state index contributed by atoms with van der Waals surface area (Å²) in [5, 5.41) is 21.5. The average Bonchev–Trinajstić information content (AvgIpc) is 3.61. The second-order valence-corrected chi connectivity index (χ2v) is 10.4. The molecule has 36 heavy (non-hydrogen) atoms. The zero-order valence-corrected chi connectivity index (χ0v) is 21.2. The quantitative estimate of drug-likeness (QED) is 0.345. The Balaban J connectivity index is 1.43. The molecular formula is C29H40O7. The van der Waals surface area contributed by atoms with Gasteiger partial charge in [0.15, 0.2) is 0 Å². The van der Waals surface area contributed by atoms with Gasteiger partial charge in [-0.3, -0.25) is 0 Å². The van der Waals surface area contributed by atoms with Crippen molar-refractivity contribution in [2.75, 3.05) is 6.61 Å². The lowest BCUT2D eigenvalue weighted by Gasteiger charge is -2.25. The maximum Gasteiger partial charge on any atom is 0.330 e. The normalized spacial score (nSPS) is 37.4. The lowest BCUT2D eigenvalue weighted by Crippen LogP contribution is -2.32. The molecule has 0 aliphatic carbocycles. The molecule has 0 aromatic carbocycles. The van der Waals surface area contributed by atoms with E-state index in [1.807, 2.05) is 18.2 Å². The van der Waals surface area contributed by atoms with E-state index in [9.17, 15) is 15.0 Å². The maximum absolute atomic E-state index is 12.6. The molecule has 0 radical (unpaired) electrons. The van der Waals surface area contributed by atoms with Crippen molar-refractivity contribution in [3.05, 3.63) is 60.3 Å². The van der Waals surface area contributed by atoms with Crippen LogP contribution in [-0.2, 0) is 23.7 Å². The first-order chi connectivity index (χ1) is 17.4. The summed E-state index contributed by atoms with van der Waals surface area (Å²) in [7, 11) is 0. The molecule has 4 aliphatic rings. The Labute approximate surface area is 214 Å². The Kier molecular flexibility index (Phi) is 9.73. The Morgan fingerprint density at radius 1 is 1.19 bits per heavy atom. The van der Waals surface area contributed by atoms with Crippen molar-refractivity contribution in [2.24, 2.45) is 0 Å². The number of hydrogen-bond acceptors (Lipinski definition) is 7. The standard InChI is InChI=1S/C29H40O7/c1-19-6-3-7-21-8-4-9-22(34-21)10-5-11-28(32)35-26(18-27-29(36-27)25(31)17-19)24(30)13-12-23-16-20(2)14-15-33-23/h4-5,9,11-14,21-27,29-31H,1,3,6-8,10,15-18H2,2H3/t21-,22+,23-,24+,25+,26+,27+,29+/m1/s1. The molecule has 0 saturated carbocycles. The van der Waals surface area contributed by atoms with Crippen molar-refractivity contribution in [1.29, 1.82) is 0 Å². The molecule has 4 aliphatic heterocycles. The molecule has 0 spiro atoms. The number of rotatable bonds is 3. The van der Waals surface area contributed by atoms with Crippen molar-refractivity contribution in [2.45, 2.75) is 107 Å². The molecule has 2 N–H and O–H groups in total. The molecule has 0 amide bonds. The van der Waals surface area contributed by atoms with Crippen LogP contribution >= 0.6 is 0 Å². The minimum Gasteiger partial charge on any atom is -0.456 e. The molecule has 198 valence electrons. The van der Waals surface area contributed by atoms with Crippen LogP contribution in [0.2, 0.25) is 0 Å². The maximum atomic E-state index is 12.6. The number of esters is 1. The molecule has 0 aromatic heterocycles. The first kappa shape index (κ1) is 27.0. The number of carbonyl (C=O) groups excluding carboxylic acids is 1. The number of aliphatic hydroxyl groups excluding tert-OH is 2. The molecule has 2 bridgehead atoms. The summed E-state index contributed by atoms with van der Waals surface area (Å²) in [5.74, 6) is -0.524. The zero-order chi connectivity index (χ0) is 25.5. The van der Waals surface area contributed by atoms with Crippen LogP contribution in [0.15, 0.2) is 60.3 Å². The van der Waals surface area contributed by atoms with E-state index in [0.29, 0.717) is 25.9 Å². The largest absolute Gasteiger partial charge is 0.456 e. The van der Waals surface area contributed by atoms with Crippen molar-refractivity contribution in [3.8, 4) is 0 Å². The summed E-state index contributed by atoms with van der Waals surface area (Å²) in [6, 6.07) is 0. The van der Waals surface area contributed by atoms with Gasteiger partial charge >= 0.3 is 5.97 Å². The van der Waals surface area contributed by atoms with Gasteiger partial charge in [0.2, 0.25) is 0 Å². The van der Waals surface area contributed by atoms with Crippen LogP contribution in [-0.4, -0.2) is 71.6 Å². The minimum absolute atomic E-state index is 0.0744. The van der Waals surface area contributed by atoms with Gasteiger partial charge < -0.3 is 29.2 Å². The van der Waals surface area contributed by atoms with E-state index in [-0.39, 0.29) is 30.5 Å². The van der Waals surface area contributed by atoms with Gasteiger partial charge in [0, 0.05) is 12.5 Å². The monoisotopic (exact) mass is 500 g/mol. The van der Waals surface area contributed by atoms with Crippen LogP contribution < -0.4 is 0 Å². The summed E-state index contributed by atoms with van der Waals surface area (Å²) >= 11 is 0. The number of fused-ring (bicyclic) bond motifs is 3. The lowest BCUT2D eigenvalue weighted by molar-refractivity contribution is -0.148. The summed E-state index contributed by atoms with van der Waals surface area (Å²) in [5.41, 5.74) is 2.23. The highest BCUT2D eigenvalue weighted by Crippen LogP contribution is 2.34. The van der Waals surface area contributed by atoms with E-state index in [1.54, 1.807) is 12.2 Å². The fourth-order valence-corrected chi connectivity index (χ4v) is 5.06. The number of epoxide rings is 1.